The van der Waals surface area contributed by atoms with Gasteiger partial charge in [-0.05, 0) is 18.4 Å². The summed E-state index contributed by atoms with van der Waals surface area (Å²) in [4.78, 5) is 0. The molecule has 0 radical (unpaired) electrons. The zero-order valence-electron chi connectivity index (χ0n) is 6.98. The van der Waals surface area contributed by atoms with Crippen molar-refractivity contribution in [2.75, 3.05) is 5.73 Å². The van der Waals surface area contributed by atoms with Crippen LogP contribution in [0, 0.1) is 11.6 Å². The molecule has 70 valence electrons. The Balaban J connectivity index is 2.70. The van der Waals surface area contributed by atoms with Gasteiger partial charge in [0.25, 0.3) is 0 Å². The first-order valence-corrected chi connectivity index (χ1v) is 4.13. The molecule has 0 heterocycles. The highest BCUT2D eigenvalue weighted by Crippen LogP contribution is 2.35. The summed E-state index contributed by atoms with van der Waals surface area (Å²) >= 11 is 0. The molecular weight excluding hydrogens is 174 g/mol. The smallest absolute Gasteiger partial charge is 0.151 e. The van der Waals surface area contributed by atoms with Crippen LogP contribution in [0.4, 0.5) is 14.5 Å². The molecule has 1 atom stereocenters. The van der Waals surface area contributed by atoms with Crippen LogP contribution in [0.3, 0.4) is 0 Å². The van der Waals surface area contributed by atoms with Crippen molar-refractivity contribution in [1.29, 1.82) is 0 Å². The van der Waals surface area contributed by atoms with E-state index in [1.165, 1.54) is 0 Å². The SMILES string of the molecule is Nc1cc(F)c2c(c1F)[C@H](N)CC2. The summed E-state index contributed by atoms with van der Waals surface area (Å²) < 4.78 is 26.6. The fourth-order valence-electron chi connectivity index (χ4n) is 1.79. The fourth-order valence-corrected chi connectivity index (χ4v) is 1.79. The van der Waals surface area contributed by atoms with Gasteiger partial charge < -0.3 is 11.5 Å². The maximum absolute atomic E-state index is 13.4. The van der Waals surface area contributed by atoms with Crippen LogP contribution in [0.5, 0.6) is 0 Å². The van der Waals surface area contributed by atoms with Gasteiger partial charge in [-0.1, -0.05) is 0 Å². The number of anilines is 1. The van der Waals surface area contributed by atoms with Crippen molar-refractivity contribution >= 4 is 5.69 Å². The van der Waals surface area contributed by atoms with E-state index >= 15 is 0 Å². The summed E-state index contributed by atoms with van der Waals surface area (Å²) in [6.45, 7) is 0. The van der Waals surface area contributed by atoms with Crippen molar-refractivity contribution < 1.29 is 8.78 Å². The molecule has 0 aliphatic heterocycles. The summed E-state index contributed by atoms with van der Waals surface area (Å²) in [5.41, 5.74) is 11.4. The van der Waals surface area contributed by atoms with Crippen LogP contribution in [0.15, 0.2) is 6.07 Å². The number of hydrogen-bond acceptors (Lipinski definition) is 2. The summed E-state index contributed by atoms with van der Waals surface area (Å²) in [5.74, 6) is -0.997. The lowest BCUT2D eigenvalue weighted by Crippen LogP contribution is -2.09. The monoisotopic (exact) mass is 184 g/mol. The van der Waals surface area contributed by atoms with Gasteiger partial charge in [0, 0.05) is 17.7 Å². The molecule has 0 aromatic heterocycles. The van der Waals surface area contributed by atoms with Crippen LogP contribution >= 0.6 is 0 Å². The van der Waals surface area contributed by atoms with E-state index in [-0.39, 0.29) is 11.3 Å². The van der Waals surface area contributed by atoms with Crippen LogP contribution in [-0.4, -0.2) is 0 Å². The Kier molecular flexibility index (Phi) is 1.73. The van der Waals surface area contributed by atoms with Crippen molar-refractivity contribution in [2.24, 2.45) is 5.73 Å². The lowest BCUT2D eigenvalue weighted by Gasteiger charge is -2.08. The molecule has 0 bridgehead atoms. The lowest BCUT2D eigenvalue weighted by atomic mass is 10.1. The standard InChI is InChI=1S/C9H10F2N2/c10-5-3-7(13)9(11)8-4(5)1-2-6(8)12/h3,6H,1-2,12-13H2/t6-/m1/s1. The molecule has 0 amide bonds. The topological polar surface area (TPSA) is 52.0 Å². The quantitative estimate of drug-likeness (QED) is 0.600. The molecule has 2 nitrogen and oxygen atoms in total. The second-order valence-corrected chi connectivity index (χ2v) is 3.30. The Morgan fingerprint density at radius 3 is 2.77 bits per heavy atom. The zero-order valence-corrected chi connectivity index (χ0v) is 6.98. The molecule has 0 saturated heterocycles. The Bertz CT molecular complexity index is 363. The van der Waals surface area contributed by atoms with Gasteiger partial charge in [-0.2, -0.15) is 0 Å². The third-order valence-electron chi connectivity index (χ3n) is 2.46. The average molecular weight is 184 g/mol. The van der Waals surface area contributed by atoms with Crippen molar-refractivity contribution in [2.45, 2.75) is 18.9 Å². The Morgan fingerprint density at radius 1 is 1.38 bits per heavy atom. The minimum absolute atomic E-state index is 0.159. The Hall–Kier alpha value is -1.16. The first-order chi connectivity index (χ1) is 6.11. The first-order valence-electron chi connectivity index (χ1n) is 4.13. The van der Waals surface area contributed by atoms with Gasteiger partial charge in [-0.3, -0.25) is 0 Å². The Morgan fingerprint density at radius 2 is 2.08 bits per heavy atom. The number of fused-ring (bicyclic) bond motifs is 1. The van der Waals surface area contributed by atoms with Crippen LogP contribution in [0.1, 0.15) is 23.6 Å². The van der Waals surface area contributed by atoms with Gasteiger partial charge >= 0.3 is 0 Å². The summed E-state index contributed by atoms with van der Waals surface area (Å²) in [6.07, 6.45) is 1.09. The number of nitrogen functional groups attached to an aromatic ring is 1. The second kappa shape index (κ2) is 2.67. The van der Waals surface area contributed by atoms with Gasteiger partial charge in [-0.25, -0.2) is 8.78 Å². The highest BCUT2D eigenvalue weighted by atomic mass is 19.1. The molecule has 13 heavy (non-hydrogen) atoms. The van der Waals surface area contributed by atoms with E-state index in [1.54, 1.807) is 0 Å². The van der Waals surface area contributed by atoms with Crippen LogP contribution in [0.25, 0.3) is 0 Å². The van der Waals surface area contributed by atoms with Crippen molar-refractivity contribution in [3.8, 4) is 0 Å². The number of rotatable bonds is 0. The number of halogens is 2. The van der Waals surface area contributed by atoms with E-state index in [1.807, 2.05) is 0 Å². The third-order valence-corrected chi connectivity index (χ3v) is 2.46. The van der Waals surface area contributed by atoms with E-state index in [2.05, 4.69) is 0 Å². The lowest BCUT2D eigenvalue weighted by molar-refractivity contribution is 0.579. The fraction of sp³-hybridized carbons (Fsp3) is 0.333. The van der Waals surface area contributed by atoms with Crippen LogP contribution in [-0.2, 0) is 6.42 Å². The van der Waals surface area contributed by atoms with E-state index in [0.717, 1.165) is 6.07 Å². The summed E-state index contributed by atoms with van der Waals surface area (Å²) in [5, 5.41) is 0. The zero-order chi connectivity index (χ0) is 9.59. The molecule has 0 fully saturated rings. The van der Waals surface area contributed by atoms with E-state index in [0.29, 0.717) is 18.4 Å². The largest absolute Gasteiger partial charge is 0.396 e. The molecule has 4 N–H and O–H groups in total. The average Bonchev–Trinajstić information content (AvgIpc) is 2.44. The van der Waals surface area contributed by atoms with E-state index in [9.17, 15) is 8.78 Å². The minimum atomic E-state index is -0.554. The molecule has 0 spiro atoms. The minimum Gasteiger partial charge on any atom is -0.396 e. The van der Waals surface area contributed by atoms with Gasteiger partial charge in [0.05, 0.1) is 5.69 Å². The van der Waals surface area contributed by atoms with Crippen molar-refractivity contribution in [1.82, 2.24) is 0 Å². The van der Waals surface area contributed by atoms with Gasteiger partial charge in [0.2, 0.25) is 0 Å². The van der Waals surface area contributed by atoms with Crippen molar-refractivity contribution in [3.05, 3.63) is 28.8 Å². The van der Waals surface area contributed by atoms with Crippen molar-refractivity contribution in [3.63, 3.8) is 0 Å². The van der Waals surface area contributed by atoms with E-state index in [4.69, 9.17) is 11.5 Å². The molecule has 1 aliphatic rings. The van der Waals surface area contributed by atoms with Gasteiger partial charge in [0.15, 0.2) is 5.82 Å². The number of nitrogens with two attached hydrogens (primary N) is 2. The summed E-state index contributed by atoms with van der Waals surface area (Å²) in [7, 11) is 0. The third kappa shape index (κ3) is 1.09. The van der Waals surface area contributed by atoms with Crippen LogP contribution in [0.2, 0.25) is 0 Å². The molecule has 1 aromatic rings. The van der Waals surface area contributed by atoms with E-state index < -0.39 is 17.7 Å². The molecular formula is C9H10F2N2. The predicted octanol–water partition coefficient (Wildman–Crippen LogP) is 1.49. The molecule has 4 heteroatoms. The summed E-state index contributed by atoms with van der Waals surface area (Å²) in [6, 6.07) is 0.611. The van der Waals surface area contributed by atoms with Gasteiger partial charge in [0.1, 0.15) is 5.82 Å². The molecule has 1 aliphatic carbocycles. The Labute approximate surface area is 74.5 Å². The first kappa shape index (κ1) is 8.44. The highest BCUT2D eigenvalue weighted by molar-refractivity contribution is 5.50. The predicted molar refractivity (Wildman–Crippen MR) is 46.0 cm³/mol. The second-order valence-electron chi connectivity index (χ2n) is 3.30. The van der Waals surface area contributed by atoms with Crippen LogP contribution < -0.4 is 11.5 Å². The highest BCUT2D eigenvalue weighted by Gasteiger charge is 2.27. The van der Waals surface area contributed by atoms with Gasteiger partial charge in [-0.15, -0.1) is 0 Å². The molecule has 0 saturated carbocycles. The molecule has 0 unspecified atom stereocenters. The maximum Gasteiger partial charge on any atom is 0.151 e. The maximum atomic E-state index is 13.4. The number of benzene rings is 1. The normalized spacial score (nSPS) is 20.4. The molecule has 1 aromatic carbocycles. The number of hydrogen-bond donors (Lipinski definition) is 2. The molecule has 2 rings (SSSR count).